The average Bonchev–Trinajstić information content (AvgIpc) is 2.66. The molecule has 0 aliphatic rings. The Morgan fingerprint density at radius 1 is 1.15 bits per heavy atom. The van der Waals surface area contributed by atoms with Crippen molar-refractivity contribution in [1.82, 2.24) is 0 Å². The maximum absolute atomic E-state index is 11.9. The molecule has 27 heavy (non-hydrogen) atoms. The predicted molar refractivity (Wildman–Crippen MR) is 107 cm³/mol. The minimum absolute atomic E-state index is 0.170. The molecule has 0 aromatic heterocycles. The van der Waals surface area contributed by atoms with E-state index >= 15 is 0 Å². The number of hydrogen-bond acceptors (Lipinski definition) is 5. The molecule has 2 aromatic carbocycles. The molecule has 0 aliphatic heterocycles. The zero-order valence-corrected chi connectivity index (χ0v) is 16.2. The molecule has 0 heterocycles. The van der Waals surface area contributed by atoms with Gasteiger partial charge in [0.1, 0.15) is 0 Å². The van der Waals surface area contributed by atoms with Crippen molar-refractivity contribution in [3.8, 4) is 11.5 Å². The van der Waals surface area contributed by atoms with Crippen molar-refractivity contribution in [2.45, 2.75) is 26.7 Å². The van der Waals surface area contributed by atoms with Crippen LogP contribution in [-0.4, -0.2) is 32.4 Å². The number of amides is 1. The molecule has 0 aliphatic carbocycles. The molecular weight excluding hydrogens is 344 g/mol. The van der Waals surface area contributed by atoms with Crippen molar-refractivity contribution >= 4 is 17.8 Å². The zero-order chi connectivity index (χ0) is 19.6. The second-order valence-electron chi connectivity index (χ2n) is 6.18. The van der Waals surface area contributed by atoms with Gasteiger partial charge in [-0.05, 0) is 48.7 Å². The zero-order valence-electron chi connectivity index (χ0n) is 16.2. The third kappa shape index (κ3) is 6.33. The number of carbonyl (C=O) groups is 1. The molecule has 144 valence electrons. The third-order valence-corrected chi connectivity index (χ3v) is 3.82. The Hall–Kier alpha value is -3.02. The third-order valence-electron chi connectivity index (χ3n) is 3.82. The van der Waals surface area contributed by atoms with E-state index in [2.05, 4.69) is 24.3 Å². The van der Waals surface area contributed by atoms with Crippen LogP contribution in [0.2, 0.25) is 0 Å². The Morgan fingerprint density at radius 3 is 2.52 bits per heavy atom. The predicted octanol–water partition coefficient (Wildman–Crippen LogP) is 4.21. The van der Waals surface area contributed by atoms with E-state index in [9.17, 15) is 4.79 Å². The Labute approximate surface area is 160 Å². The quantitative estimate of drug-likeness (QED) is 0.530. The minimum Gasteiger partial charge on any atom is -0.493 e. The maximum Gasteiger partial charge on any atom is 0.265 e. The fraction of sp³-hybridized carbons (Fsp3) is 0.333. The molecule has 0 fully saturated rings. The van der Waals surface area contributed by atoms with Gasteiger partial charge in [-0.3, -0.25) is 4.79 Å². The van der Waals surface area contributed by atoms with E-state index in [0.29, 0.717) is 24.0 Å². The van der Waals surface area contributed by atoms with Gasteiger partial charge in [-0.15, -0.1) is 0 Å². The van der Waals surface area contributed by atoms with Crippen LogP contribution in [0.4, 0.5) is 5.69 Å². The first-order valence-corrected chi connectivity index (χ1v) is 8.89. The average molecular weight is 370 g/mol. The van der Waals surface area contributed by atoms with Crippen molar-refractivity contribution in [2.24, 2.45) is 5.16 Å². The molecule has 0 spiro atoms. The number of carbonyl (C=O) groups excluding carboxylic acids is 1. The van der Waals surface area contributed by atoms with E-state index in [-0.39, 0.29) is 12.5 Å². The Kier molecular flexibility index (Phi) is 7.67. The summed E-state index contributed by atoms with van der Waals surface area (Å²) < 4.78 is 10.7. The van der Waals surface area contributed by atoms with Gasteiger partial charge in [-0.25, -0.2) is 0 Å². The Morgan fingerprint density at radius 2 is 1.89 bits per heavy atom. The summed E-state index contributed by atoms with van der Waals surface area (Å²) in [6, 6.07) is 13.2. The molecule has 0 radical (unpaired) electrons. The highest BCUT2D eigenvalue weighted by molar-refractivity contribution is 5.91. The SMILES string of the molecule is CCOc1ccc(/C=N\OCC(=O)Nc2ccc(C(C)C)cc2)cc1OC. The summed E-state index contributed by atoms with van der Waals surface area (Å²) in [4.78, 5) is 17.0. The number of rotatable bonds is 9. The molecule has 2 rings (SSSR count). The van der Waals surface area contributed by atoms with E-state index in [1.54, 1.807) is 19.2 Å². The summed E-state index contributed by atoms with van der Waals surface area (Å²) in [5.74, 6) is 1.46. The standard InChI is InChI=1S/C21H26N2O4/c1-5-26-19-11-6-16(12-20(19)25-4)13-22-27-14-21(24)23-18-9-7-17(8-10-18)15(2)3/h6-13,15H,5,14H2,1-4H3,(H,23,24)/b22-13-. The molecule has 0 atom stereocenters. The van der Waals surface area contributed by atoms with Gasteiger partial charge < -0.3 is 19.6 Å². The van der Waals surface area contributed by atoms with Gasteiger partial charge in [0, 0.05) is 11.3 Å². The van der Waals surface area contributed by atoms with E-state index in [0.717, 1.165) is 11.3 Å². The molecular formula is C21H26N2O4. The van der Waals surface area contributed by atoms with Crippen LogP contribution in [0.25, 0.3) is 0 Å². The van der Waals surface area contributed by atoms with Crippen LogP contribution < -0.4 is 14.8 Å². The van der Waals surface area contributed by atoms with E-state index in [1.165, 1.54) is 11.8 Å². The van der Waals surface area contributed by atoms with Crippen molar-refractivity contribution in [3.63, 3.8) is 0 Å². The largest absolute Gasteiger partial charge is 0.493 e. The van der Waals surface area contributed by atoms with Crippen LogP contribution in [0.5, 0.6) is 11.5 Å². The van der Waals surface area contributed by atoms with Crippen LogP contribution in [0.15, 0.2) is 47.6 Å². The van der Waals surface area contributed by atoms with E-state index in [4.69, 9.17) is 14.3 Å². The lowest BCUT2D eigenvalue weighted by molar-refractivity contribution is -0.120. The lowest BCUT2D eigenvalue weighted by Crippen LogP contribution is -2.16. The fourth-order valence-electron chi connectivity index (χ4n) is 2.38. The molecule has 6 heteroatoms. The van der Waals surface area contributed by atoms with Crippen molar-refractivity contribution in [2.75, 3.05) is 25.6 Å². The summed E-state index contributed by atoms with van der Waals surface area (Å²) in [7, 11) is 1.58. The molecule has 6 nitrogen and oxygen atoms in total. The lowest BCUT2D eigenvalue weighted by Gasteiger charge is -2.09. The van der Waals surface area contributed by atoms with Gasteiger partial charge in [0.15, 0.2) is 18.1 Å². The fourth-order valence-corrected chi connectivity index (χ4v) is 2.38. The number of nitrogens with zero attached hydrogens (tertiary/aromatic N) is 1. The van der Waals surface area contributed by atoms with Gasteiger partial charge >= 0.3 is 0 Å². The molecule has 0 saturated carbocycles. The first-order valence-electron chi connectivity index (χ1n) is 8.89. The lowest BCUT2D eigenvalue weighted by atomic mass is 10.0. The number of ether oxygens (including phenoxy) is 2. The number of nitrogens with one attached hydrogen (secondary N) is 1. The number of anilines is 1. The van der Waals surface area contributed by atoms with E-state index < -0.39 is 0 Å². The number of oxime groups is 1. The number of hydrogen-bond donors (Lipinski definition) is 1. The number of methoxy groups -OCH3 is 1. The second-order valence-corrected chi connectivity index (χ2v) is 6.18. The summed E-state index contributed by atoms with van der Waals surface area (Å²) in [5.41, 5.74) is 2.73. The summed E-state index contributed by atoms with van der Waals surface area (Å²) in [6.07, 6.45) is 1.52. The highest BCUT2D eigenvalue weighted by Crippen LogP contribution is 2.27. The monoisotopic (exact) mass is 370 g/mol. The molecule has 0 unspecified atom stereocenters. The topological polar surface area (TPSA) is 69.2 Å². The first kappa shape index (κ1) is 20.3. The van der Waals surface area contributed by atoms with Crippen molar-refractivity contribution < 1.29 is 19.1 Å². The van der Waals surface area contributed by atoms with Crippen molar-refractivity contribution in [3.05, 3.63) is 53.6 Å². The first-order chi connectivity index (χ1) is 13.0. The van der Waals surface area contributed by atoms with Crippen LogP contribution in [-0.2, 0) is 9.63 Å². The summed E-state index contributed by atoms with van der Waals surface area (Å²) in [6.45, 7) is 6.55. The molecule has 2 aromatic rings. The van der Waals surface area contributed by atoms with E-state index in [1.807, 2.05) is 37.3 Å². The highest BCUT2D eigenvalue weighted by Gasteiger charge is 2.05. The van der Waals surface area contributed by atoms with Crippen molar-refractivity contribution in [1.29, 1.82) is 0 Å². The smallest absolute Gasteiger partial charge is 0.265 e. The van der Waals surface area contributed by atoms with Gasteiger partial charge in [0.2, 0.25) is 0 Å². The van der Waals surface area contributed by atoms with Gasteiger partial charge in [0.25, 0.3) is 5.91 Å². The summed E-state index contributed by atoms with van der Waals surface area (Å²) >= 11 is 0. The summed E-state index contributed by atoms with van der Waals surface area (Å²) in [5, 5.41) is 6.60. The van der Waals surface area contributed by atoms with Gasteiger partial charge in [0.05, 0.1) is 19.9 Å². The van der Waals surface area contributed by atoms with Gasteiger partial charge in [-0.1, -0.05) is 31.1 Å². The molecule has 0 bridgehead atoms. The second kappa shape index (κ2) is 10.2. The molecule has 1 amide bonds. The van der Waals surface area contributed by atoms with Crippen LogP contribution in [0.1, 0.15) is 37.8 Å². The molecule has 1 N–H and O–H groups in total. The number of benzene rings is 2. The van der Waals surface area contributed by atoms with Gasteiger partial charge in [-0.2, -0.15) is 0 Å². The van der Waals surface area contributed by atoms with Crippen LogP contribution in [0.3, 0.4) is 0 Å². The maximum atomic E-state index is 11.9. The van der Waals surface area contributed by atoms with Crippen LogP contribution >= 0.6 is 0 Å². The Balaban J connectivity index is 1.83. The van der Waals surface area contributed by atoms with Crippen LogP contribution in [0, 0.1) is 0 Å². The Bertz CT molecular complexity index is 770. The minimum atomic E-state index is -0.270. The molecule has 0 saturated heterocycles. The normalized spacial score (nSPS) is 10.9. The highest BCUT2D eigenvalue weighted by atomic mass is 16.6.